The maximum absolute atomic E-state index is 13.4. The van der Waals surface area contributed by atoms with Gasteiger partial charge >= 0.3 is 0 Å². The number of ether oxygens (including phenoxy) is 2. The molecule has 0 atom stereocenters. The van der Waals surface area contributed by atoms with Crippen LogP contribution in [0.2, 0.25) is 5.02 Å². The van der Waals surface area contributed by atoms with Gasteiger partial charge in [0.25, 0.3) is 5.91 Å². The van der Waals surface area contributed by atoms with Gasteiger partial charge in [0.2, 0.25) is 6.79 Å². The van der Waals surface area contributed by atoms with Crippen molar-refractivity contribution in [1.29, 1.82) is 0 Å². The number of likely N-dealkylation sites (N-methyl/N-ethyl adjacent to an activating group) is 1. The summed E-state index contributed by atoms with van der Waals surface area (Å²) in [5.74, 6) is 1.14. The number of hydrogen-bond acceptors (Lipinski definition) is 6. The standard InChI is InChI=1S/C21H22ClN3O3S/c1-3-24(4-2)9-10-25(21-23-16-7-6-15(22)12-19(16)29-21)20(26)14-5-8-17-18(11-14)28-13-27-17/h5-8,11-12H,3-4,9-10,13H2,1-2H3. The third-order valence-corrected chi connectivity index (χ3v) is 6.25. The highest BCUT2D eigenvalue weighted by Gasteiger charge is 2.24. The van der Waals surface area contributed by atoms with Crippen molar-refractivity contribution >= 4 is 44.2 Å². The van der Waals surface area contributed by atoms with Gasteiger partial charge in [0.1, 0.15) is 0 Å². The van der Waals surface area contributed by atoms with Gasteiger partial charge in [-0.25, -0.2) is 4.98 Å². The van der Waals surface area contributed by atoms with Crippen LogP contribution in [-0.2, 0) is 0 Å². The molecule has 0 N–H and O–H groups in total. The van der Waals surface area contributed by atoms with Crippen LogP contribution in [0.25, 0.3) is 10.2 Å². The number of hydrogen-bond donors (Lipinski definition) is 0. The molecule has 1 aliphatic rings. The minimum absolute atomic E-state index is 0.111. The summed E-state index contributed by atoms with van der Waals surface area (Å²) >= 11 is 7.60. The van der Waals surface area contributed by atoms with Crippen LogP contribution in [0, 0.1) is 0 Å². The van der Waals surface area contributed by atoms with Crippen LogP contribution in [0.15, 0.2) is 36.4 Å². The Hall–Kier alpha value is -2.35. The second kappa shape index (κ2) is 8.57. The van der Waals surface area contributed by atoms with Crippen molar-refractivity contribution in [3.63, 3.8) is 0 Å². The molecule has 0 unspecified atom stereocenters. The van der Waals surface area contributed by atoms with Gasteiger partial charge in [-0.15, -0.1) is 0 Å². The molecular formula is C21H22ClN3O3S. The number of thiazole rings is 1. The summed E-state index contributed by atoms with van der Waals surface area (Å²) in [4.78, 5) is 22.1. The van der Waals surface area contributed by atoms with Crippen LogP contribution in [-0.4, -0.2) is 48.8 Å². The van der Waals surface area contributed by atoms with E-state index in [2.05, 4.69) is 18.7 Å². The Morgan fingerprint density at radius 2 is 1.90 bits per heavy atom. The number of nitrogens with zero attached hydrogens (tertiary/aromatic N) is 3. The first-order valence-corrected chi connectivity index (χ1v) is 10.8. The Labute approximate surface area is 178 Å². The number of aromatic nitrogens is 1. The van der Waals surface area contributed by atoms with Crippen molar-refractivity contribution in [2.24, 2.45) is 0 Å². The number of anilines is 1. The zero-order valence-electron chi connectivity index (χ0n) is 16.4. The molecule has 2 heterocycles. The highest BCUT2D eigenvalue weighted by molar-refractivity contribution is 7.22. The van der Waals surface area contributed by atoms with Crippen LogP contribution in [0.3, 0.4) is 0 Å². The molecule has 0 aliphatic carbocycles. The number of fused-ring (bicyclic) bond motifs is 2. The van der Waals surface area contributed by atoms with E-state index in [4.69, 9.17) is 26.1 Å². The molecular weight excluding hydrogens is 410 g/mol. The summed E-state index contributed by atoms with van der Waals surface area (Å²) in [5.41, 5.74) is 1.38. The maximum atomic E-state index is 13.4. The molecule has 3 aromatic rings. The third kappa shape index (κ3) is 4.17. The van der Waals surface area contributed by atoms with Crippen LogP contribution >= 0.6 is 22.9 Å². The lowest BCUT2D eigenvalue weighted by molar-refractivity contribution is 0.0983. The minimum atomic E-state index is -0.111. The normalized spacial score (nSPS) is 12.7. The fraction of sp³-hybridized carbons (Fsp3) is 0.333. The zero-order valence-corrected chi connectivity index (χ0v) is 17.9. The summed E-state index contributed by atoms with van der Waals surface area (Å²) in [7, 11) is 0. The first kappa shape index (κ1) is 19.9. The predicted octanol–water partition coefficient (Wildman–Crippen LogP) is 4.67. The van der Waals surface area contributed by atoms with Gasteiger partial charge in [-0.3, -0.25) is 9.69 Å². The van der Waals surface area contributed by atoms with E-state index in [9.17, 15) is 4.79 Å². The predicted molar refractivity (Wildman–Crippen MR) is 117 cm³/mol. The van der Waals surface area contributed by atoms with E-state index < -0.39 is 0 Å². The van der Waals surface area contributed by atoms with E-state index in [1.54, 1.807) is 23.1 Å². The summed E-state index contributed by atoms with van der Waals surface area (Å²) < 4.78 is 11.8. The lowest BCUT2D eigenvalue weighted by Gasteiger charge is -2.24. The van der Waals surface area contributed by atoms with Gasteiger partial charge < -0.3 is 14.4 Å². The number of rotatable bonds is 7. The number of benzene rings is 2. The van der Waals surface area contributed by atoms with Crippen LogP contribution in [0.1, 0.15) is 24.2 Å². The smallest absolute Gasteiger partial charge is 0.260 e. The highest BCUT2D eigenvalue weighted by Crippen LogP contribution is 2.35. The van der Waals surface area contributed by atoms with Crippen LogP contribution < -0.4 is 14.4 Å². The van der Waals surface area contributed by atoms with Gasteiger partial charge in [0.05, 0.1) is 10.2 Å². The van der Waals surface area contributed by atoms with E-state index >= 15 is 0 Å². The average molecular weight is 432 g/mol. The number of carbonyl (C=O) groups is 1. The largest absolute Gasteiger partial charge is 0.454 e. The first-order valence-electron chi connectivity index (χ1n) is 9.59. The Morgan fingerprint density at radius 3 is 2.69 bits per heavy atom. The number of amides is 1. The fourth-order valence-corrected chi connectivity index (χ4v) is 4.52. The minimum Gasteiger partial charge on any atom is -0.454 e. The molecule has 0 fully saturated rings. The van der Waals surface area contributed by atoms with Gasteiger partial charge in [0.15, 0.2) is 16.6 Å². The van der Waals surface area contributed by atoms with Gasteiger partial charge in [-0.05, 0) is 49.5 Å². The summed E-state index contributed by atoms with van der Waals surface area (Å²) in [6.45, 7) is 7.58. The fourth-order valence-electron chi connectivity index (χ4n) is 3.25. The quantitative estimate of drug-likeness (QED) is 0.544. The van der Waals surface area contributed by atoms with E-state index in [-0.39, 0.29) is 12.7 Å². The molecule has 6 nitrogen and oxygen atoms in total. The molecule has 29 heavy (non-hydrogen) atoms. The van der Waals surface area contributed by atoms with Crippen molar-refractivity contribution in [2.45, 2.75) is 13.8 Å². The molecule has 1 aromatic heterocycles. The van der Waals surface area contributed by atoms with E-state index in [0.717, 1.165) is 29.9 Å². The summed E-state index contributed by atoms with van der Waals surface area (Å²) in [6, 6.07) is 10.9. The Bertz CT molecular complexity index is 1040. The van der Waals surface area contributed by atoms with Crippen LogP contribution in [0.4, 0.5) is 5.13 Å². The van der Waals surface area contributed by atoms with E-state index in [1.165, 1.54) is 11.3 Å². The second-order valence-corrected chi connectivity index (χ2v) is 8.11. The number of carbonyl (C=O) groups excluding carboxylic acids is 1. The van der Waals surface area contributed by atoms with Crippen molar-refractivity contribution in [1.82, 2.24) is 9.88 Å². The van der Waals surface area contributed by atoms with Crippen molar-refractivity contribution in [2.75, 3.05) is 37.9 Å². The lowest BCUT2D eigenvalue weighted by Crippen LogP contribution is -2.38. The molecule has 1 aliphatic heterocycles. The third-order valence-electron chi connectivity index (χ3n) is 4.97. The van der Waals surface area contributed by atoms with E-state index in [1.807, 2.05) is 18.2 Å². The molecule has 0 saturated carbocycles. The van der Waals surface area contributed by atoms with Crippen molar-refractivity contribution in [3.8, 4) is 11.5 Å². The second-order valence-electron chi connectivity index (χ2n) is 6.66. The Kier molecular flexibility index (Phi) is 5.89. The maximum Gasteiger partial charge on any atom is 0.260 e. The molecule has 4 rings (SSSR count). The molecule has 1 amide bonds. The number of halogens is 1. The van der Waals surface area contributed by atoms with Gasteiger partial charge in [-0.2, -0.15) is 0 Å². The van der Waals surface area contributed by atoms with Crippen molar-refractivity contribution in [3.05, 3.63) is 47.0 Å². The monoisotopic (exact) mass is 431 g/mol. The molecule has 0 radical (unpaired) electrons. The Morgan fingerprint density at radius 1 is 1.10 bits per heavy atom. The van der Waals surface area contributed by atoms with Crippen molar-refractivity contribution < 1.29 is 14.3 Å². The molecule has 0 spiro atoms. The van der Waals surface area contributed by atoms with E-state index in [0.29, 0.717) is 33.8 Å². The SMILES string of the molecule is CCN(CC)CCN(C(=O)c1ccc2c(c1)OCO2)c1nc2ccc(Cl)cc2s1. The first-order chi connectivity index (χ1) is 14.1. The summed E-state index contributed by atoms with van der Waals surface area (Å²) in [5, 5.41) is 1.32. The average Bonchev–Trinajstić information content (AvgIpc) is 3.36. The lowest BCUT2D eigenvalue weighted by atomic mass is 10.1. The molecule has 2 aromatic carbocycles. The molecule has 8 heteroatoms. The van der Waals surface area contributed by atoms with Gasteiger partial charge in [0, 0.05) is 23.7 Å². The molecule has 0 bridgehead atoms. The topological polar surface area (TPSA) is 54.9 Å². The highest BCUT2D eigenvalue weighted by atomic mass is 35.5. The molecule has 0 saturated heterocycles. The summed E-state index contributed by atoms with van der Waals surface area (Å²) in [6.07, 6.45) is 0. The van der Waals surface area contributed by atoms with Gasteiger partial charge in [-0.1, -0.05) is 36.8 Å². The molecule has 152 valence electrons. The Balaban J connectivity index is 1.67. The zero-order chi connectivity index (χ0) is 20.4. The van der Waals surface area contributed by atoms with Crippen LogP contribution in [0.5, 0.6) is 11.5 Å².